The molecular formula is C21H25F2NO. The topological polar surface area (TPSA) is 35.2 Å². The highest BCUT2D eigenvalue weighted by atomic mass is 19.3. The van der Waals surface area contributed by atoms with E-state index < -0.39 is 5.92 Å². The minimum atomic E-state index is -2.95. The van der Waals surface area contributed by atoms with Gasteiger partial charge in [0.15, 0.2) is 0 Å². The van der Waals surface area contributed by atoms with Crippen molar-refractivity contribution < 1.29 is 13.5 Å². The van der Waals surface area contributed by atoms with Crippen molar-refractivity contribution in [3.63, 3.8) is 0 Å². The number of halogens is 2. The molecule has 2 aromatic carbocycles. The zero-order valence-electron chi connectivity index (χ0n) is 14.6. The number of hydrogen-bond acceptors (Lipinski definition) is 2. The minimum absolute atomic E-state index is 0.0927. The summed E-state index contributed by atoms with van der Waals surface area (Å²) >= 11 is 0. The van der Waals surface area contributed by atoms with E-state index in [0.717, 1.165) is 43.7 Å². The minimum Gasteiger partial charge on any atom is -0.489 e. The summed E-state index contributed by atoms with van der Waals surface area (Å²) in [5.41, 5.74) is 7.83. The third kappa shape index (κ3) is 4.30. The van der Waals surface area contributed by atoms with E-state index in [9.17, 15) is 8.78 Å². The van der Waals surface area contributed by atoms with Crippen molar-refractivity contribution >= 4 is 5.69 Å². The molecule has 0 heterocycles. The van der Waals surface area contributed by atoms with Gasteiger partial charge >= 0.3 is 0 Å². The Kier molecular flexibility index (Phi) is 5.26. The van der Waals surface area contributed by atoms with Gasteiger partial charge in [0.05, 0.1) is 0 Å². The lowest BCUT2D eigenvalue weighted by atomic mass is 9.82. The maximum Gasteiger partial charge on any atom is 0.272 e. The van der Waals surface area contributed by atoms with E-state index in [2.05, 4.69) is 0 Å². The van der Waals surface area contributed by atoms with E-state index in [1.54, 1.807) is 12.1 Å². The summed E-state index contributed by atoms with van der Waals surface area (Å²) in [5, 5.41) is 0. The first-order chi connectivity index (χ1) is 11.9. The maximum atomic E-state index is 13.9. The fraction of sp³-hybridized carbons (Fsp3) is 0.429. The molecule has 25 heavy (non-hydrogen) atoms. The van der Waals surface area contributed by atoms with E-state index in [1.807, 2.05) is 30.3 Å². The second kappa shape index (κ2) is 7.42. The fourth-order valence-electron chi connectivity index (χ4n) is 3.59. The maximum absolute atomic E-state index is 13.9. The summed E-state index contributed by atoms with van der Waals surface area (Å²) in [6, 6.07) is 13.0. The second-order valence-corrected chi connectivity index (χ2v) is 6.97. The number of hydrogen-bond donors (Lipinski definition) is 1. The van der Waals surface area contributed by atoms with Crippen LogP contribution in [0.2, 0.25) is 0 Å². The molecule has 0 aliphatic heterocycles. The Hall–Kier alpha value is -2.10. The first kappa shape index (κ1) is 17.7. The predicted octanol–water partition coefficient (Wildman–Crippen LogP) is 6.01. The molecule has 0 spiro atoms. The summed E-state index contributed by atoms with van der Waals surface area (Å²) in [4.78, 5) is 0. The molecule has 0 saturated heterocycles. The van der Waals surface area contributed by atoms with Gasteiger partial charge in [0, 0.05) is 24.2 Å². The van der Waals surface area contributed by atoms with Gasteiger partial charge in [0.1, 0.15) is 12.4 Å². The number of alkyl halides is 2. The van der Waals surface area contributed by atoms with Crippen molar-refractivity contribution in [3.8, 4) is 5.75 Å². The van der Waals surface area contributed by atoms with Crippen LogP contribution in [0.3, 0.4) is 0 Å². The Labute approximate surface area is 148 Å². The van der Waals surface area contributed by atoms with E-state index in [1.165, 1.54) is 6.42 Å². The van der Waals surface area contributed by atoms with E-state index in [4.69, 9.17) is 10.5 Å². The van der Waals surface area contributed by atoms with Crippen LogP contribution < -0.4 is 10.5 Å². The molecule has 4 heteroatoms. The average molecular weight is 345 g/mol. The van der Waals surface area contributed by atoms with Gasteiger partial charge in [0.25, 0.3) is 5.92 Å². The Morgan fingerprint density at radius 1 is 1.08 bits per heavy atom. The largest absolute Gasteiger partial charge is 0.489 e. The third-order valence-corrected chi connectivity index (χ3v) is 4.94. The average Bonchev–Trinajstić information content (AvgIpc) is 2.60. The molecule has 1 saturated carbocycles. The van der Waals surface area contributed by atoms with Crippen molar-refractivity contribution in [3.05, 3.63) is 59.2 Å². The van der Waals surface area contributed by atoms with Crippen LogP contribution in [0.25, 0.3) is 0 Å². The normalized spacial score (nSPS) is 16.0. The molecule has 0 unspecified atom stereocenters. The lowest BCUT2D eigenvalue weighted by molar-refractivity contribution is 0.0181. The summed E-state index contributed by atoms with van der Waals surface area (Å²) in [6.45, 7) is 1.30. The van der Waals surface area contributed by atoms with Crippen LogP contribution in [0.15, 0.2) is 42.5 Å². The lowest BCUT2D eigenvalue weighted by Crippen LogP contribution is -2.14. The molecule has 0 amide bonds. The van der Waals surface area contributed by atoms with Gasteiger partial charge in [0.2, 0.25) is 0 Å². The van der Waals surface area contributed by atoms with Gasteiger partial charge in [-0.2, -0.15) is 0 Å². The summed E-state index contributed by atoms with van der Waals surface area (Å²) in [7, 11) is 0. The Bertz CT molecular complexity index is 704. The van der Waals surface area contributed by atoms with Crippen LogP contribution in [0.5, 0.6) is 5.75 Å². The predicted molar refractivity (Wildman–Crippen MR) is 97.0 cm³/mol. The third-order valence-electron chi connectivity index (χ3n) is 4.94. The SMILES string of the molecule is CC(F)(F)c1cc(C2CCCCC2)c(OCc2ccccc2)cc1N. The quantitative estimate of drug-likeness (QED) is 0.674. The van der Waals surface area contributed by atoms with Crippen molar-refractivity contribution in [2.24, 2.45) is 0 Å². The van der Waals surface area contributed by atoms with Crippen molar-refractivity contribution in [2.75, 3.05) is 5.73 Å². The van der Waals surface area contributed by atoms with Crippen LogP contribution in [0, 0.1) is 0 Å². The smallest absolute Gasteiger partial charge is 0.272 e. The molecule has 0 atom stereocenters. The second-order valence-electron chi connectivity index (χ2n) is 6.97. The van der Waals surface area contributed by atoms with E-state index in [-0.39, 0.29) is 17.2 Å². The molecule has 1 aliphatic carbocycles. The van der Waals surface area contributed by atoms with Crippen LogP contribution >= 0.6 is 0 Å². The molecule has 2 nitrogen and oxygen atoms in total. The molecule has 134 valence electrons. The fourth-order valence-corrected chi connectivity index (χ4v) is 3.59. The van der Waals surface area contributed by atoms with E-state index in [0.29, 0.717) is 12.4 Å². The standard InChI is InChI=1S/C21H25F2NO/c1-21(22,23)18-12-17(16-10-6-3-7-11-16)20(13-19(18)24)25-14-15-8-4-2-5-9-15/h2,4-5,8-9,12-13,16H,3,6-7,10-11,14,24H2,1H3. The van der Waals surface area contributed by atoms with Gasteiger partial charge < -0.3 is 10.5 Å². The lowest BCUT2D eigenvalue weighted by Gasteiger charge is -2.26. The van der Waals surface area contributed by atoms with Crippen molar-refractivity contribution in [1.82, 2.24) is 0 Å². The molecule has 2 aromatic rings. The highest BCUT2D eigenvalue weighted by molar-refractivity contribution is 5.57. The van der Waals surface area contributed by atoms with Gasteiger partial charge in [-0.25, -0.2) is 8.78 Å². The van der Waals surface area contributed by atoms with E-state index >= 15 is 0 Å². The number of benzene rings is 2. The van der Waals surface area contributed by atoms with Crippen molar-refractivity contribution in [2.45, 2.75) is 57.5 Å². The number of rotatable bonds is 5. The number of nitrogen functional groups attached to an aromatic ring is 1. The zero-order chi connectivity index (χ0) is 17.9. The van der Waals surface area contributed by atoms with Crippen molar-refractivity contribution in [1.29, 1.82) is 0 Å². The monoisotopic (exact) mass is 345 g/mol. The summed E-state index contributed by atoms with van der Waals surface area (Å²) < 4.78 is 33.8. The number of nitrogens with two attached hydrogens (primary N) is 1. The molecule has 1 aliphatic rings. The molecule has 3 rings (SSSR count). The summed E-state index contributed by atoms with van der Waals surface area (Å²) in [6.07, 6.45) is 5.50. The van der Waals surface area contributed by atoms with Gasteiger partial charge in [-0.3, -0.25) is 0 Å². The highest BCUT2D eigenvalue weighted by Gasteiger charge is 2.30. The first-order valence-corrected chi connectivity index (χ1v) is 8.93. The van der Waals surface area contributed by atoms with Crippen LogP contribution in [-0.4, -0.2) is 0 Å². The molecule has 2 N–H and O–H groups in total. The molecule has 0 aromatic heterocycles. The number of anilines is 1. The molecule has 0 radical (unpaired) electrons. The molecule has 1 fully saturated rings. The molecular weight excluding hydrogens is 320 g/mol. The Morgan fingerprint density at radius 3 is 2.40 bits per heavy atom. The number of ether oxygens (including phenoxy) is 1. The van der Waals surface area contributed by atoms with Gasteiger partial charge in [-0.05, 0) is 36.0 Å². The first-order valence-electron chi connectivity index (χ1n) is 8.93. The highest BCUT2D eigenvalue weighted by Crippen LogP contribution is 2.43. The van der Waals surface area contributed by atoms with Gasteiger partial charge in [-0.1, -0.05) is 49.6 Å². The Balaban J connectivity index is 1.92. The Morgan fingerprint density at radius 2 is 1.76 bits per heavy atom. The van der Waals surface area contributed by atoms with Crippen LogP contribution in [0.4, 0.5) is 14.5 Å². The molecule has 0 bridgehead atoms. The van der Waals surface area contributed by atoms with Crippen LogP contribution in [-0.2, 0) is 12.5 Å². The zero-order valence-corrected chi connectivity index (χ0v) is 14.6. The van der Waals surface area contributed by atoms with Crippen LogP contribution in [0.1, 0.15) is 61.6 Å². The van der Waals surface area contributed by atoms with Gasteiger partial charge in [-0.15, -0.1) is 0 Å². The summed E-state index contributed by atoms with van der Waals surface area (Å²) in [5.74, 6) is -2.05.